The molecule has 3 nitrogen and oxygen atoms in total. The molecule has 31 heavy (non-hydrogen) atoms. The Morgan fingerprint density at radius 1 is 0.774 bits per heavy atom. The van der Waals surface area contributed by atoms with Crippen LogP contribution in [0.1, 0.15) is 46.6 Å². The Bertz CT molecular complexity index is 1280. The summed E-state index contributed by atoms with van der Waals surface area (Å²) >= 11 is 12.5. The van der Waals surface area contributed by atoms with Gasteiger partial charge in [-0.2, -0.15) is 0 Å². The normalized spacial score (nSPS) is 25.5. The molecule has 4 atom stereocenters. The number of hydrogen-bond acceptors (Lipinski definition) is 2. The molecule has 3 aromatic rings. The zero-order valence-electron chi connectivity index (χ0n) is 16.8. The molecule has 0 aromatic heterocycles. The van der Waals surface area contributed by atoms with Crippen LogP contribution in [-0.4, -0.2) is 11.8 Å². The summed E-state index contributed by atoms with van der Waals surface area (Å²) in [6.45, 7) is 2.13. The number of imide groups is 1. The Hall–Kier alpha value is -2.62. The lowest BCUT2D eigenvalue weighted by Gasteiger charge is -2.46. The first-order valence-corrected chi connectivity index (χ1v) is 11.3. The van der Waals surface area contributed by atoms with Crippen LogP contribution in [0.5, 0.6) is 0 Å². The summed E-state index contributed by atoms with van der Waals surface area (Å²) in [7, 11) is 0. The van der Waals surface area contributed by atoms with Crippen molar-refractivity contribution in [1.82, 2.24) is 0 Å². The monoisotopic (exact) mass is 447 g/mol. The molecule has 7 rings (SSSR count). The van der Waals surface area contributed by atoms with Gasteiger partial charge in [-0.3, -0.25) is 9.59 Å². The highest BCUT2D eigenvalue weighted by molar-refractivity contribution is 6.38. The summed E-state index contributed by atoms with van der Waals surface area (Å²) in [6, 6.07) is 19.7. The molecule has 1 heterocycles. The van der Waals surface area contributed by atoms with Crippen LogP contribution in [0.2, 0.25) is 10.0 Å². The lowest BCUT2D eigenvalue weighted by atomic mass is 9.55. The van der Waals surface area contributed by atoms with Crippen molar-refractivity contribution in [3.8, 4) is 0 Å². The van der Waals surface area contributed by atoms with Gasteiger partial charge in [0.2, 0.25) is 11.8 Å². The molecule has 2 bridgehead atoms. The molecular weight excluding hydrogens is 429 g/mol. The number of rotatable bonds is 2. The summed E-state index contributed by atoms with van der Waals surface area (Å²) in [6.07, 6.45) is 0.930. The minimum absolute atomic E-state index is 0.125. The Labute approximate surface area is 190 Å². The fraction of sp³-hybridized carbons (Fsp3) is 0.231. The van der Waals surface area contributed by atoms with Gasteiger partial charge in [0, 0.05) is 16.9 Å². The highest BCUT2D eigenvalue weighted by Gasteiger charge is 2.62. The van der Waals surface area contributed by atoms with Crippen molar-refractivity contribution in [2.24, 2.45) is 11.8 Å². The fourth-order valence-corrected chi connectivity index (χ4v) is 6.39. The van der Waals surface area contributed by atoms with E-state index in [1.807, 2.05) is 12.1 Å². The zero-order chi connectivity index (χ0) is 21.4. The molecule has 0 N–H and O–H groups in total. The van der Waals surface area contributed by atoms with E-state index in [0.717, 1.165) is 12.0 Å². The molecule has 1 fully saturated rings. The van der Waals surface area contributed by atoms with Gasteiger partial charge in [0.1, 0.15) is 0 Å². The summed E-state index contributed by atoms with van der Waals surface area (Å²) in [5.74, 6) is -1.43. The molecule has 1 saturated heterocycles. The average Bonchev–Trinajstić information content (AvgIpc) is 3.04. The van der Waals surface area contributed by atoms with Crippen LogP contribution < -0.4 is 4.90 Å². The van der Waals surface area contributed by atoms with E-state index < -0.39 is 11.8 Å². The van der Waals surface area contributed by atoms with Gasteiger partial charge in [-0.1, -0.05) is 72.6 Å². The van der Waals surface area contributed by atoms with Gasteiger partial charge in [0.15, 0.2) is 0 Å². The van der Waals surface area contributed by atoms with E-state index in [4.69, 9.17) is 23.2 Å². The van der Waals surface area contributed by atoms with Gasteiger partial charge in [-0.15, -0.1) is 0 Å². The number of carbonyl (C=O) groups excluding carboxylic acids is 2. The van der Waals surface area contributed by atoms with Crippen molar-refractivity contribution in [2.75, 3.05) is 4.90 Å². The first kappa shape index (κ1) is 19.1. The van der Waals surface area contributed by atoms with Gasteiger partial charge in [0.05, 0.1) is 22.5 Å². The maximum atomic E-state index is 13.8. The van der Waals surface area contributed by atoms with E-state index >= 15 is 0 Å². The lowest BCUT2D eigenvalue weighted by molar-refractivity contribution is -0.122. The minimum Gasteiger partial charge on any atom is -0.274 e. The molecule has 4 aliphatic rings. The summed E-state index contributed by atoms with van der Waals surface area (Å²) in [5, 5.41) is 0.778. The van der Waals surface area contributed by atoms with Crippen molar-refractivity contribution in [1.29, 1.82) is 0 Å². The van der Waals surface area contributed by atoms with E-state index in [-0.39, 0.29) is 23.7 Å². The number of benzene rings is 3. The first-order valence-electron chi connectivity index (χ1n) is 10.6. The molecule has 2 amide bonds. The van der Waals surface area contributed by atoms with Crippen LogP contribution in [0.4, 0.5) is 5.69 Å². The summed E-state index contributed by atoms with van der Waals surface area (Å²) < 4.78 is 0. The number of aryl methyl sites for hydroxylation is 1. The van der Waals surface area contributed by atoms with Gasteiger partial charge < -0.3 is 0 Å². The van der Waals surface area contributed by atoms with Crippen molar-refractivity contribution in [2.45, 2.75) is 25.2 Å². The van der Waals surface area contributed by atoms with Gasteiger partial charge in [-0.25, -0.2) is 4.90 Å². The third-order valence-corrected chi connectivity index (χ3v) is 7.70. The second kappa shape index (κ2) is 6.69. The van der Waals surface area contributed by atoms with Gasteiger partial charge in [0.25, 0.3) is 0 Å². The van der Waals surface area contributed by atoms with Crippen LogP contribution in [0, 0.1) is 11.8 Å². The number of halogens is 2. The van der Waals surface area contributed by atoms with Crippen molar-refractivity contribution >= 4 is 40.7 Å². The van der Waals surface area contributed by atoms with Crippen LogP contribution >= 0.6 is 23.2 Å². The standard InChI is InChI=1S/C26H19Cl2NO2/c1-2-13-7-9-17-18(11-13)22-16-6-4-3-5-15(16)21(17)23-24(22)26(31)29(25(23)30)20-10-8-14(27)12-19(20)28/h3-12,21-24H,2H2,1H3/t21-,22-,23-,24+/m0/s1. The highest BCUT2D eigenvalue weighted by atomic mass is 35.5. The van der Waals surface area contributed by atoms with E-state index in [9.17, 15) is 9.59 Å². The zero-order valence-corrected chi connectivity index (χ0v) is 18.3. The maximum Gasteiger partial charge on any atom is 0.238 e. The second-order valence-corrected chi connectivity index (χ2v) is 9.40. The second-order valence-electron chi connectivity index (χ2n) is 8.56. The summed E-state index contributed by atoms with van der Waals surface area (Å²) in [4.78, 5) is 28.8. The third kappa shape index (κ3) is 2.48. The molecule has 5 heteroatoms. The first-order chi connectivity index (χ1) is 15.0. The lowest BCUT2D eigenvalue weighted by Crippen LogP contribution is -2.41. The topological polar surface area (TPSA) is 37.4 Å². The minimum atomic E-state index is -0.418. The fourth-order valence-electron chi connectivity index (χ4n) is 5.90. The molecule has 3 aliphatic carbocycles. The summed E-state index contributed by atoms with van der Waals surface area (Å²) in [5.41, 5.74) is 6.35. The number of amides is 2. The third-order valence-electron chi connectivity index (χ3n) is 7.16. The largest absolute Gasteiger partial charge is 0.274 e. The molecule has 0 saturated carbocycles. The molecule has 0 unspecified atom stereocenters. The smallest absolute Gasteiger partial charge is 0.238 e. The Balaban J connectivity index is 1.57. The predicted octanol–water partition coefficient (Wildman–Crippen LogP) is 5.95. The number of nitrogens with zero attached hydrogens (tertiary/aromatic N) is 1. The van der Waals surface area contributed by atoms with Crippen molar-refractivity contribution < 1.29 is 9.59 Å². The van der Waals surface area contributed by atoms with E-state index in [1.165, 1.54) is 27.2 Å². The number of anilines is 1. The number of hydrogen-bond donors (Lipinski definition) is 0. The van der Waals surface area contributed by atoms with Crippen LogP contribution in [0.15, 0.2) is 60.7 Å². The molecule has 0 spiro atoms. The van der Waals surface area contributed by atoms with Crippen LogP contribution in [-0.2, 0) is 16.0 Å². The van der Waals surface area contributed by atoms with E-state index in [0.29, 0.717) is 15.7 Å². The van der Waals surface area contributed by atoms with Crippen molar-refractivity contribution in [3.05, 3.63) is 98.5 Å². The molecule has 154 valence electrons. The van der Waals surface area contributed by atoms with E-state index in [2.05, 4.69) is 37.3 Å². The molecular formula is C26H19Cl2NO2. The molecule has 3 aromatic carbocycles. The Morgan fingerprint density at radius 3 is 2.00 bits per heavy atom. The average molecular weight is 448 g/mol. The number of carbonyl (C=O) groups is 2. The quantitative estimate of drug-likeness (QED) is 0.454. The SMILES string of the molecule is CCc1ccc2c(c1)[C@@H]1c3ccccc3[C@@H]2[C@@H]2C(=O)N(c3ccc(Cl)cc3Cl)C(=O)[C@H]12. The predicted molar refractivity (Wildman–Crippen MR) is 122 cm³/mol. The Morgan fingerprint density at radius 2 is 1.39 bits per heavy atom. The van der Waals surface area contributed by atoms with Gasteiger partial charge >= 0.3 is 0 Å². The van der Waals surface area contributed by atoms with Crippen LogP contribution in [0.3, 0.4) is 0 Å². The molecule has 0 radical (unpaired) electrons. The van der Waals surface area contributed by atoms with E-state index in [1.54, 1.807) is 18.2 Å². The van der Waals surface area contributed by atoms with Crippen LogP contribution in [0.25, 0.3) is 0 Å². The maximum absolute atomic E-state index is 13.8. The Kier molecular flexibility index (Phi) is 4.12. The van der Waals surface area contributed by atoms with Crippen molar-refractivity contribution in [3.63, 3.8) is 0 Å². The van der Waals surface area contributed by atoms with Gasteiger partial charge in [-0.05, 0) is 52.4 Å². The molecule has 1 aliphatic heterocycles. The highest BCUT2D eigenvalue weighted by Crippen LogP contribution is 2.61.